The lowest BCUT2D eigenvalue weighted by Crippen LogP contribution is -2.37. The van der Waals surface area contributed by atoms with Crippen LogP contribution in [0.4, 0.5) is 22.0 Å². The molecule has 0 amide bonds. The zero-order chi connectivity index (χ0) is 16.4. The Morgan fingerprint density at radius 3 is 2.48 bits per heavy atom. The Labute approximate surface area is 124 Å². The predicted molar refractivity (Wildman–Crippen MR) is 65.6 cm³/mol. The van der Waals surface area contributed by atoms with E-state index in [0.717, 1.165) is 0 Å². The smallest absolute Gasteiger partial charge is 0.380 e. The highest BCUT2D eigenvalue weighted by Crippen LogP contribution is 2.40. The molecule has 3 nitrogen and oxygen atoms in total. The first-order valence-corrected chi connectivity index (χ1v) is 6.42. The first kappa shape index (κ1) is 17.8. The van der Waals surface area contributed by atoms with Crippen LogP contribution in [0.5, 0.6) is 0 Å². The van der Waals surface area contributed by atoms with Crippen LogP contribution < -0.4 is 0 Å². The lowest BCUT2D eigenvalue weighted by molar-refractivity contribution is -0.189. The van der Waals surface area contributed by atoms with Crippen LogP contribution >= 0.6 is 15.9 Å². The minimum Gasteiger partial charge on any atom is -0.461 e. The van der Waals surface area contributed by atoms with Gasteiger partial charge in [0.2, 0.25) is 0 Å². The van der Waals surface area contributed by atoms with Gasteiger partial charge >= 0.3 is 11.9 Å². The number of carbonyl (C=O) groups excluding carboxylic acids is 1. The summed E-state index contributed by atoms with van der Waals surface area (Å²) in [6.07, 6.45) is -6.05. The zero-order valence-electron chi connectivity index (χ0n) is 10.5. The molecule has 1 N–H and O–H groups in total. The van der Waals surface area contributed by atoms with Crippen molar-refractivity contribution in [2.75, 3.05) is 6.61 Å². The third-order valence-electron chi connectivity index (χ3n) is 2.56. The van der Waals surface area contributed by atoms with Crippen molar-refractivity contribution in [3.8, 4) is 0 Å². The van der Waals surface area contributed by atoms with Gasteiger partial charge in [-0.15, -0.1) is 0 Å². The SMILES string of the molecule is CCOC(=O)C(F)(F)C(O)c1ccc(F)c(C(F)F)c1Br. The zero-order valence-corrected chi connectivity index (χ0v) is 12.1. The van der Waals surface area contributed by atoms with Crippen LogP contribution in [0.25, 0.3) is 0 Å². The number of esters is 1. The molecule has 1 atom stereocenters. The first-order chi connectivity index (χ1) is 9.64. The molecule has 1 unspecified atom stereocenters. The number of rotatable bonds is 5. The number of ether oxygens (including phenoxy) is 1. The number of aliphatic hydroxyl groups excluding tert-OH is 1. The summed E-state index contributed by atoms with van der Waals surface area (Å²) in [5.41, 5.74) is -1.92. The van der Waals surface area contributed by atoms with E-state index in [2.05, 4.69) is 20.7 Å². The normalized spacial score (nSPS) is 13.4. The van der Waals surface area contributed by atoms with Gasteiger partial charge in [0.15, 0.2) is 6.10 Å². The van der Waals surface area contributed by atoms with Crippen LogP contribution in [-0.4, -0.2) is 23.6 Å². The summed E-state index contributed by atoms with van der Waals surface area (Å²) in [6.45, 7) is 0.928. The highest BCUT2D eigenvalue weighted by molar-refractivity contribution is 9.10. The summed E-state index contributed by atoms with van der Waals surface area (Å²) < 4.78 is 69.3. The van der Waals surface area contributed by atoms with E-state index < -0.39 is 45.8 Å². The third-order valence-corrected chi connectivity index (χ3v) is 3.45. The Hall–Kier alpha value is -1.22. The van der Waals surface area contributed by atoms with E-state index in [-0.39, 0.29) is 6.61 Å². The van der Waals surface area contributed by atoms with Crippen LogP contribution in [0.2, 0.25) is 0 Å². The number of benzene rings is 1. The number of aliphatic hydroxyl groups is 1. The highest BCUT2D eigenvalue weighted by Gasteiger charge is 2.50. The van der Waals surface area contributed by atoms with Crippen molar-refractivity contribution in [3.63, 3.8) is 0 Å². The molecule has 21 heavy (non-hydrogen) atoms. The molecule has 0 aliphatic rings. The molecule has 1 aromatic carbocycles. The summed E-state index contributed by atoms with van der Waals surface area (Å²) >= 11 is 2.55. The maximum atomic E-state index is 13.7. The molecule has 0 aromatic heterocycles. The molecule has 1 aromatic rings. The molecular weight excluding hydrogens is 367 g/mol. The molecule has 1 rings (SSSR count). The van der Waals surface area contributed by atoms with Gasteiger partial charge in [-0.2, -0.15) is 8.78 Å². The number of hydrogen-bond donors (Lipinski definition) is 1. The van der Waals surface area contributed by atoms with Gasteiger partial charge in [0.1, 0.15) is 5.82 Å². The van der Waals surface area contributed by atoms with Crippen molar-refractivity contribution >= 4 is 21.9 Å². The Morgan fingerprint density at radius 1 is 1.43 bits per heavy atom. The number of carbonyl (C=O) groups is 1. The van der Waals surface area contributed by atoms with Gasteiger partial charge < -0.3 is 9.84 Å². The van der Waals surface area contributed by atoms with Crippen LogP contribution in [0, 0.1) is 5.82 Å². The molecule has 0 bridgehead atoms. The van der Waals surface area contributed by atoms with Gasteiger partial charge in [0, 0.05) is 10.0 Å². The lowest BCUT2D eigenvalue weighted by atomic mass is 10.0. The van der Waals surface area contributed by atoms with Gasteiger partial charge in [-0.1, -0.05) is 6.07 Å². The number of hydrogen-bond acceptors (Lipinski definition) is 3. The second-order valence-corrected chi connectivity index (χ2v) is 4.70. The Kier molecular flexibility index (Phi) is 5.68. The van der Waals surface area contributed by atoms with Gasteiger partial charge in [-0.3, -0.25) is 0 Å². The third kappa shape index (κ3) is 3.52. The summed E-state index contributed by atoms with van der Waals surface area (Å²) in [4.78, 5) is 11.1. The fourth-order valence-electron chi connectivity index (χ4n) is 1.53. The van der Waals surface area contributed by atoms with Crippen molar-refractivity contribution in [2.24, 2.45) is 0 Å². The van der Waals surface area contributed by atoms with E-state index in [1.54, 1.807) is 0 Å². The molecule has 0 spiro atoms. The monoisotopic (exact) mass is 376 g/mol. The molecule has 0 radical (unpaired) electrons. The van der Waals surface area contributed by atoms with Gasteiger partial charge in [0.25, 0.3) is 6.43 Å². The summed E-state index contributed by atoms with van der Waals surface area (Å²) in [5, 5.41) is 9.58. The maximum Gasteiger partial charge on any atom is 0.380 e. The fourth-order valence-corrected chi connectivity index (χ4v) is 2.24. The lowest BCUT2D eigenvalue weighted by Gasteiger charge is -2.22. The Bertz CT molecular complexity index is 536. The second kappa shape index (κ2) is 6.69. The highest BCUT2D eigenvalue weighted by atomic mass is 79.9. The van der Waals surface area contributed by atoms with Crippen molar-refractivity contribution < 1.29 is 36.6 Å². The van der Waals surface area contributed by atoms with Crippen LogP contribution in [-0.2, 0) is 9.53 Å². The predicted octanol–water partition coefficient (Wildman–Crippen LogP) is 3.76. The molecule has 0 saturated carbocycles. The van der Waals surface area contributed by atoms with Crippen molar-refractivity contribution in [1.82, 2.24) is 0 Å². The fraction of sp³-hybridized carbons (Fsp3) is 0.417. The van der Waals surface area contributed by atoms with E-state index in [0.29, 0.717) is 12.1 Å². The van der Waals surface area contributed by atoms with Gasteiger partial charge in [-0.05, 0) is 28.9 Å². The minimum atomic E-state index is -4.37. The van der Waals surface area contributed by atoms with Gasteiger partial charge in [-0.25, -0.2) is 18.0 Å². The average molecular weight is 377 g/mol. The molecule has 0 fully saturated rings. The topological polar surface area (TPSA) is 46.5 Å². The summed E-state index contributed by atoms with van der Waals surface area (Å²) in [7, 11) is 0. The molecule has 118 valence electrons. The van der Waals surface area contributed by atoms with Crippen LogP contribution in [0.3, 0.4) is 0 Å². The maximum absolute atomic E-state index is 13.7. The van der Waals surface area contributed by atoms with Gasteiger partial charge in [0.05, 0.1) is 12.2 Å². The van der Waals surface area contributed by atoms with E-state index in [9.17, 15) is 31.9 Å². The quantitative estimate of drug-likeness (QED) is 0.628. The van der Waals surface area contributed by atoms with E-state index in [4.69, 9.17) is 0 Å². The molecule has 0 aliphatic heterocycles. The van der Waals surface area contributed by atoms with Crippen molar-refractivity contribution in [1.29, 1.82) is 0 Å². The summed E-state index contributed by atoms with van der Waals surface area (Å²) in [5.74, 6) is -7.70. The largest absolute Gasteiger partial charge is 0.461 e. The average Bonchev–Trinajstić information content (AvgIpc) is 2.38. The Morgan fingerprint density at radius 2 is 2.00 bits per heavy atom. The van der Waals surface area contributed by atoms with Crippen molar-refractivity contribution in [3.05, 3.63) is 33.5 Å². The molecule has 0 saturated heterocycles. The second-order valence-electron chi connectivity index (χ2n) is 3.91. The Balaban J connectivity index is 3.28. The van der Waals surface area contributed by atoms with Crippen LogP contribution in [0.15, 0.2) is 16.6 Å². The van der Waals surface area contributed by atoms with E-state index in [1.807, 2.05) is 0 Å². The molecule has 9 heteroatoms. The standard InChI is InChI=1S/C12H10BrF5O3/c1-2-21-11(20)12(17,18)9(19)5-3-4-6(14)7(8(5)13)10(15)16/h3-4,9-10,19H,2H2,1H3. The van der Waals surface area contributed by atoms with E-state index >= 15 is 0 Å². The number of alkyl halides is 4. The summed E-state index contributed by atoms with van der Waals surface area (Å²) in [6, 6.07) is 1.19. The minimum absolute atomic E-state index is 0.353. The molecule has 0 aliphatic carbocycles. The molecule has 0 heterocycles. The van der Waals surface area contributed by atoms with Crippen LogP contribution in [0.1, 0.15) is 30.6 Å². The van der Waals surface area contributed by atoms with E-state index in [1.165, 1.54) is 6.92 Å². The van der Waals surface area contributed by atoms with Crippen molar-refractivity contribution in [2.45, 2.75) is 25.4 Å². The first-order valence-electron chi connectivity index (χ1n) is 5.63. The number of halogens is 6. The molecular formula is C12H10BrF5O3.